The lowest BCUT2D eigenvalue weighted by Gasteiger charge is -2.19. The molecule has 4 nitrogen and oxygen atoms in total. The van der Waals surface area contributed by atoms with E-state index in [1.807, 2.05) is 11.8 Å². The predicted molar refractivity (Wildman–Crippen MR) is 57.9 cm³/mol. The van der Waals surface area contributed by atoms with E-state index in [2.05, 4.69) is 10.9 Å². The average Bonchev–Trinajstić information content (AvgIpc) is 2.26. The van der Waals surface area contributed by atoms with Crippen LogP contribution in [0.25, 0.3) is 0 Å². The van der Waals surface area contributed by atoms with Crippen LogP contribution in [-0.4, -0.2) is 29.1 Å². The van der Waals surface area contributed by atoms with E-state index in [1.165, 1.54) is 12.3 Å². The van der Waals surface area contributed by atoms with Gasteiger partial charge in [0, 0.05) is 6.54 Å². The molecule has 0 amide bonds. The summed E-state index contributed by atoms with van der Waals surface area (Å²) in [5.41, 5.74) is 0.871. The Morgan fingerprint density at radius 3 is 2.80 bits per heavy atom. The zero-order chi connectivity index (χ0) is 11.3. The number of hydrogen-bond donors (Lipinski definition) is 1. The number of nitrogens with zero attached hydrogens (tertiary/aromatic N) is 2. The van der Waals surface area contributed by atoms with Crippen molar-refractivity contribution in [2.75, 3.05) is 18.0 Å². The van der Waals surface area contributed by atoms with Gasteiger partial charge in [0.1, 0.15) is 5.69 Å². The van der Waals surface area contributed by atoms with Gasteiger partial charge >= 0.3 is 5.97 Å². The molecule has 1 rings (SSSR count). The summed E-state index contributed by atoms with van der Waals surface area (Å²) in [5, 5.41) is 8.67. The summed E-state index contributed by atoms with van der Waals surface area (Å²) in [6, 6.07) is 3.17. The molecule has 0 bridgehead atoms. The van der Waals surface area contributed by atoms with Crippen LogP contribution in [0.15, 0.2) is 18.3 Å². The Balaban J connectivity index is 2.87. The first kappa shape index (κ1) is 11.1. The van der Waals surface area contributed by atoms with E-state index in [1.54, 1.807) is 6.07 Å². The van der Waals surface area contributed by atoms with E-state index in [4.69, 9.17) is 11.5 Å². The van der Waals surface area contributed by atoms with Crippen molar-refractivity contribution in [3.05, 3.63) is 24.0 Å². The Hall–Kier alpha value is -2.02. The number of rotatable bonds is 4. The van der Waals surface area contributed by atoms with Gasteiger partial charge in [-0.05, 0) is 19.1 Å². The van der Waals surface area contributed by atoms with Gasteiger partial charge in [-0.15, -0.1) is 6.42 Å². The number of aromatic carboxylic acids is 1. The van der Waals surface area contributed by atoms with Crippen LogP contribution in [-0.2, 0) is 0 Å². The summed E-state index contributed by atoms with van der Waals surface area (Å²) in [7, 11) is 0. The van der Waals surface area contributed by atoms with Gasteiger partial charge in [-0.2, -0.15) is 0 Å². The SMILES string of the molecule is C#CCN(CC)c1ccc(C(=O)O)nc1. The molecule has 1 aromatic heterocycles. The maximum atomic E-state index is 10.6. The van der Waals surface area contributed by atoms with Crippen molar-refractivity contribution in [2.24, 2.45) is 0 Å². The highest BCUT2D eigenvalue weighted by molar-refractivity contribution is 5.85. The number of carboxylic acids is 1. The van der Waals surface area contributed by atoms with Gasteiger partial charge in [-0.3, -0.25) is 0 Å². The second-order valence-corrected chi connectivity index (χ2v) is 2.93. The Labute approximate surface area is 88.6 Å². The van der Waals surface area contributed by atoms with Crippen molar-refractivity contribution in [3.63, 3.8) is 0 Å². The number of hydrogen-bond acceptors (Lipinski definition) is 3. The van der Waals surface area contributed by atoms with Crippen molar-refractivity contribution < 1.29 is 9.90 Å². The maximum absolute atomic E-state index is 10.6. The van der Waals surface area contributed by atoms with Gasteiger partial charge < -0.3 is 10.0 Å². The standard InChI is InChI=1S/C11H12N2O2/c1-3-7-13(4-2)9-5-6-10(11(14)15)12-8-9/h1,5-6,8H,4,7H2,2H3,(H,14,15). The molecular formula is C11H12N2O2. The Morgan fingerprint density at radius 1 is 1.67 bits per heavy atom. The fourth-order valence-electron chi connectivity index (χ4n) is 1.20. The van der Waals surface area contributed by atoms with Gasteiger partial charge in [0.2, 0.25) is 0 Å². The van der Waals surface area contributed by atoms with E-state index in [0.29, 0.717) is 6.54 Å². The molecular weight excluding hydrogens is 192 g/mol. The molecule has 0 radical (unpaired) electrons. The normalized spacial score (nSPS) is 9.33. The minimum atomic E-state index is -1.03. The summed E-state index contributed by atoms with van der Waals surface area (Å²) < 4.78 is 0. The number of terminal acetylenes is 1. The number of carbonyl (C=O) groups is 1. The van der Waals surface area contributed by atoms with E-state index in [-0.39, 0.29) is 5.69 Å². The Morgan fingerprint density at radius 2 is 2.40 bits per heavy atom. The summed E-state index contributed by atoms with van der Waals surface area (Å²) in [6.07, 6.45) is 6.73. The van der Waals surface area contributed by atoms with Gasteiger partial charge in [0.15, 0.2) is 0 Å². The number of carboxylic acid groups (broad SMARTS) is 1. The highest BCUT2D eigenvalue weighted by Crippen LogP contribution is 2.12. The van der Waals surface area contributed by atoms with Crippen LogP contribution in [0.3, 0.4) is 0 Å². The fourth-order valence-corrected chi connectivity index (χ4v) is 1.20. The molecule has 4 heteroatoms. The van der Waals surface area contributed by atoms with Crippen LogP contribution < -0.4 is 4.90 Å². The van der Waals surface area contributed by atoms with Gasteiger partial charge in [0.25, 0.3) is 0 Å². The second kappa shape index (κ2) is 5.01. The van der Waals surface area contributed by atoms with Crippen LogP contribution >= 0.6 is 0 Å². The van der Waals surface area contributed by atoms with E-state index in [0.717, 1.165) is 12.2 Å². The van der Waals surface area contributed by atoms with Gasteiger partial charge in [-0.25, -0.2) is 9.78 Å². The lowest BCUT2D eigenvalue weighted by molar-refractivity contribution is 0.0690. The molecule has 0 aliphatic carbocycles. The third-order valence-electron chi connectivity index (χ3n) is 2.00. The molecule has 0 aliphatic rings. The van der Waals surface area contributed by atoms with Crippen molar-refractivity contribution in [1.29, 1.82) is 0 Å². The molecule has 0 saturated heterocycles. The van der Waals surface area contributed by atoms with E-state index in [9.17, 15) is 4.79 Å². The first-order chi connectivity index (χ1) is 7.19. The maximum Gasteiger partial charge on any atom is 0.354 e. The topological polar surface area (TPSA) is 53.4 Å². The molecule has 0 aromatic carbocycles. The summed E-state index contributed by atoms with van der Waals surface area (Å²) >= 11 is 0. The zero-order valence-electron chi connectivity index (χ0n) is 8.47. The molecule has 1 N–H and O–H groups in total. The van der Waals surface area contributed by atoms with E-state index >= 15 is 0 Å². The molecule has 0 unspecified atom stereocenters. The number of pyridine rings is 1. The van der Waals surface area contributed by atoms with Crippen LogP contribution in [0.4, 0.5) is 5.69 Å². The Bertz CT molecular complexity index is 379. The number of aromatic nitrogens is 1. The minimum Gasteiger partial charge on any atom is -0.477 e. The third-order valence-corrected chi connectivity index (χ3v) is 2.00. The van der Waals surface area contributed by atoms with Crippen LogP contribution in [0, 0.1) is 12.3 Å². The summed E-state index contributed by atoms with van der Waals surface area (Å²) in [6.45, 7) is 3.23. The van der Waals surface area contributed by atoms with Crippen LogP contribution in [0.5, 0.6) is 0 Å². The molecule has 0 saturated carbocycles. The zero-order valence-corrected chi connectivity index (χ0v) is 8.47. The highest BCUT2D eigenvalue weighted by Gasteiger charge is 2.06. The summed E-state index contributed by atoms with van der Waals surface area (Å²) in [4.78, 5) is 16.3. The molecule has 78 valence electrons. The van der Waals surface area contributed by atoms with E-state index < -0.39 is 5.97 Å². The highest BCUT2D eigenvalue weighted by atomic mass is 16.4. The van der Waals surface area contributed by atoms with Crippen molar-refractivity contribution in [1.82, 2.24) is 4.98 Å². The van der Waals surface area contributed by atoms with Crippen molar-refractivity contribution in [3.8, 4) is 12.3 Å². The summed E-state index contributed by atoms with van der Waals surface area (Å²) in [5.74, 6) is 1.51. The molecule has 15 heavy (non-hydrogen) atoms. The average molecular weight is 204 g/mol. The first-order valence-corrected chi connectivity index (χ1v) is 4.56. The van der Waals surface area contributed by atoms with Gasteiger partial charge in [-0.1, -0.05) is 5.92 Å². The van der Waals surface area contributed by atoms with Crippen molar-refractivity contribution >= 4 is 11.7 Å². The molecule has 0 fully saturated rings. The molecule has 0 atom stereocenters. The fraction of sp³-hybridized carbons (Fsp3) is 0.273. The molecule has 0 aliphatic heterocycles. The quantitative estimate of drug-likeness (QED) is 0.750. The lowest BCUT2D eigenvalue weighted by Crippen LogP contribution is -2.23. The Kier molecular flexibility index (Phi) is 3.69. The van der Waals surface area contributed by atoms with Crippen molar-refractivity contribution in [2.45, 2.75) is 6.92 Å². The second-order valence-electron chi connectivity index (χ2n) is 2.93. The molecule has 0 spiro atoms. The van der Waals surface area contributed by atoms with Crippen LogP contribution in [0.1, 0.15) is 17.4 Å². The number of anilines is 1. The van der Waals surface area contributed by atoms with Crippen LogP contribution in [0.2, 0.25) is 0 Å². The minimum absolute atomic E-state index is 0.0375. The molecule has 1 heterocycles. The molecule has 1 aromatic rings. The lowest BCUT2D eigenvalue weighted by atomic mass is 10.3. The first-order valence-electron chi connectivity index (χ1n) is 4.56. The largest absolute Gasteiger partial charge is 0.477 e. The smallest absolute Gasteiger partial charge is 0.354 e. The van der Waals surface area contributed by atoms with Gasteiger partial charge in [0.05, 0.1) is 18.4 Å². The monoisotopic (exact) mass is 204 g/mol. The third kappa shape index (κ3) is 2.71. The predicted octanol–water partition coefficient (Wildman–Crippen LogP) is 1.24.